The van der Waals surface area contributed by atoms with Crippen LogP contribution < -0.4 is 0 Å². The Morgan fingerprint density at radius 1 is 1.29 bits per heavy atom. The van der Waals surface area contributed by atoms with Crippen LogP contribution in [0, 0.1) is 19.8 Å². The number of hydrogen-bond acceptors (Lipinski definition) is 1. The van der Waals surface area contributed by atoms with Gasteiger partial charge in [-0.25, -0.2) is 0 Å². The summed E-state index contributed by atoms with van der Waals surface area (Å²) in [7, 11) is 0. The number of nitrogens with zero attached hydrogens (tertiary/aromatic N) is 1. The summed E-state index contributed by atoms with van der Waals surface area (Å²) in [6.07, 6.45) is 6.21. The summed E-state index contributed by atoms with van der Waals surface area (Å²) < 4.78 is 0. The van der Waals surface area contributed by atoms with Crippen LogP contribution in [-0.4, -0.2) is 11.4 Å². The second kappa shape index (κ2) is 5.39. The highest BCUT2D eigenvalue weighted by atomic mass is 15.1. The molecule has 0 amide bonds. The van der Waals surface area contributed by atoms with E-state index < -0.39 is 0 Å². The molecule has 1 nitrogen and oxygen atoms in total. The average Bonchev–Trinajstić information content (AvgIpc) is 2.26. The molecular weight excluding hydrogens is 206 g/mol. The van der Waals surface area contributed by atoms with Crippen LogP contribution >= 0.6 is 0 Å². The summed E-state index contributed by atoms with van der Waals surface area (Å²) in [6.45, 7) is 10.5. The van der Waals surface area contributed by atoms with Gasteiger partial charge in [0.25, 0.3) is 0 Å². The highest BCUT2D eigenvalue weighted by Crippen LogP contribution is 2.27. The van der Waals surface area contributed by atoms with Crippen LogP contribution in [0.25, 0.3) is 0 Å². The molecule has 0 unspecified atom stereocenters. The Bertz CT molecular complexity index is 391. The van der Waals surface area contributed by atoms with E-state index in [1.165, 1.54) is 42.5 Å². The van der Waals surface area contributed by atoms with E-state index in [4.69, 9.17) is 0 Å². The van der Waals surface area contributed by atoms with Crippen molar-refractivity contribution in [2.24, 2.45) is 5.92 Å². The molecule has 1 aliphatic carbocycles. The monoisotopic (exact) mass is 229 g/mol. The number of benzene rings is 1. The van der Waals surface area contributed by atoms with Crippen molar-refractivity contribution in [3.05, 3.63) is 47.7 Å². The van der Waals surface area contributed by atoms with Crippen LogP contribution in [-0.2, 0) is 6.54 Å². The summed E-state index contributed by atoms with van der Waals surface area (Å²) in [5.41, 5.74) is 4.15. The van der Waals surface area contributed by atoms with Crippen LogP contribution in [0.15, 0.2) is 31.0 Å². The Morgan fingerprint density at radius 2 is 2.06 bits per heavy atom. The maximum atomic E-state index is 3.93. The van der Waals surface area contributed by atoms with Crippen LogP contribution in [0.1, 0.15) is 36.0 Å². The molecule has 2 rings (SSSR count). The molecule has 0 atom stereocenters. The van der Waals surface area contributed by atoms with Gasteiger partial charge in [0.05, 0.1) is 0 Å². The first-order valence-electron chi connectivity index (χ1n) is 6.62. The van der Waals surface area contributed by atoms with Crippen molar-refractivity contribution in [3.63, 3.8) is 0 Å². The minimum absolute atomic E-state index is 0.902. The third-order valence-corrected chi connectivity index (χ3v) is 3.93. The molecule has 17 heavy (non-hydrogen) atoms. The molecule has 0 bridgehead atoms. The maximum absolute atomic E-state index is 3.93. The number of rotatable bonds is 5. The van der Waals surface area contributed by atoms with Crippen molar-refractivity contribution in [2.45, 2.75) is 39.7 Å². The second-order valence-electron chi connectivity index (χ2n) is 5.33. The Hall–Kier alpha value is -1.24. The van der Waals surface area contributed by atoms with E-state index in [2.05, 4.69) is 43.5 Å². The molecule has 1 heteroatoms. The van der Waals surface area contributed by atoms with Gasteiger partial charge >= 0.3 is 0 Å². The molecule has 0 radical (unpaired) electrons. The standard InChI is InChI=1S/C16H23N/c1-4-17(11-15-6-5-7-15)12-16-9-8-13(2)14(3)10-16/h4,8-10,15H,1,5-7,11-12H2,2-3H3. The minimum Gasteiger partial charge on any atom is -0.373 e. The van der Waals surface area contributed by atoms with Gasteiger partial charge in [-0.15, -0.1) is 0 Å². The molecular formula is C16H23N. The fourth-order valence-electron chi connectivity index (χ4n) is 2.35. The van der Waals surface area contributed by atoms with Gasteiger partial charge in [0.1, 0.15) is 0 Å². The summed E-state index contributed by atoms with van der Waals surface area (Å²) >= 11 is 0. The highest BCUT2D eigenvalue weighted by molar-refractivity contribution is 5.29. The van der Waals surface area contributed by atoms with Crippen LogP contribution in [0.4, 0.5) is 0 Å². The zero-order chi connectivity index (χ0) is 12.3. The zero-order valence-electron chi connectivity index (χ0n) is 11.1. The van der Waals surface area contributed by atoms with Gasteiger partial charge in [-0.2, -0.15) is 0 Å². The lowest BCUT2D eigenvalue weighted by atomic mass is 9.85. The lowest BCUT2D eigenvalue weighted by Gasteiger charge is -2.31. The van der Waals surface area contributed by atoms with Crippen molar-refractivity contribution in [1.29, 1.82) is 0 Å². The van der Waals surface area contributed by atoms with Crippen molar-refractivity contribution in [1.82, 2.24) is 4.90 Å². The molecule has 0 aliphatic heterocycles. The molecule has 1 aromatic rings. The topological polar surface area (TPSA) is 3.24 Å². The Balaban J connectivity index is 1.96. The molecule has 92 valence electrons. The van der Waals surface area contributed by atoms with Gasteiger partial charge < -0.3 is 4.90 Å². The molecule has 1 fully saturated rings. The van der Waals surface area contributed by atoms with Gasteiger partial charge in [-0.3, -0.25) is 0 Å². The molecule has 0 spiro atoms. The fourth-order valence-corrected chi connectivity index (χ4v) is 2.35. The Kier molecular flexibility index (Phi) is 3.88. The summed E-state index contributed by atoms with van der Waals surface area (Å²) in [5, 5.41) is 0. The summed E-state index contributed by atoms with van der Waals surface area (Å²) in [4.78, 5) is 2.36. The van der Waals surface area contributed by atoms with Gasteiger partial charge in [0.15, 0.2) is 0 Å². The summed E-state index contributed by atoms with van der Waals surface area (Å²) in [5.74, 6) is 0.902. The van der Waals surface area contributed by atoms with Gasteiger partial charge in [-0.1, -0.05) is 31.2 Å². The fraction of sp³-hybridized carbons (Fsp3) is 0.500. The van der Waals surface area contributed by atoms with Gasteiger partial charge in [0.2, 0.25) is 0 Å². The van der Waals surface area contributed by atoms with Crippen molar-refractivity contribution in [3.8, 4) is 0 Å². The van der Waals surface area contributed by atoms with E-state index in [1.807, 2.05) is 6.20 Å². The lowest BCUT2D eigenvalue weighted by Crippen LogP contribution is -2.28. The quantitative estimate of drug-likeness (QED) is 0.736. The third-order valence-electron chi connectivity index (χ3n) is 3.93. The highest BCUT2D eigenvalue weighted by Gasteiger charge is 2.19. The van der Waals surface area contributed by atoms with E-state index in [1.54, 1.807) is 0 Å². The van der Waals surface area contributed by atoms with E-state index in [0.29, 0.717) is 0 Å². The summed E-state index contributed by atoms with van der Waals surface area (Å²) in [6, 6.07) is 6.75. The number of aryl methyl sites for hydroxylation is 2. The molecule has 1 saturated carbocycles. The van der Waals surface area contributed by atoms with E-state index >= 15 is 0 Å². The average molecular weight is 229 g/mol. The largest absolute Gasteiger partial charge is 0.373 e. The first kappa shape index (κ1) is 12.2. The van der Waals surface area contributed by atoms with Crippen molar-refractivity contribution < 1.29 is 0 Å². The van der Waals surface area contributed by atoms with Crippen molar-refractivity contribution in [2.75, 3.05) is 6.54 Å². The number of hydrogen-bond donors (Lipinski definition) is 0. The molecule has 0 aromatic heterocycles. The van der Waals surface area contributed by atoms with E-state index in [-0.39, 0.29) is 0 Å². The maximum Gasteiger partial charge on any atom is 0.0423 e. The van der Waals surface area contributed by atoms with Crippen molar-refractivity contribution >= 4 is 0 Å². The first-order valence-corrected chi connectivity index (χ1v) is 6.62. The zero-order valence-corrected chi connectivity index (χ0v) is 11.1. The molecule has 0 saturated heterocycles. The molecule has 0 N–H and O–H groups in total. The molecule has 1 aliphatic rings. The van der Waals surface area contributed by atoms with Gasteiger partial charge in [-0.05, 0) is 55.5 Å². The Morgan fingerprint density at radius 3 is 2.59 bits per heavy atom. The van der Waals surface area contributed by atoms with E-state index in [0.717, 1.165) is 12.5 Å². The van der Waals surface area contributed by atoms with Gasteiger partial charge in [0, 0.05) is 13.1 Å². The predicted octanol–water partition coefficient (Wildman–Crippen LogP) is 4.05. The van der Waals surface area contributed by atoms with E-state index in [9.17, 15) is 0 Å². The minimum atomic E-state index is 0.902. The molecule has 1 aromatic carbocycles. The molecule has 0 heterocycles. The third kappa shape index (κ3) is 3.12. The first-order chi connectivity index (χ1) is 8.19. The predicted molar refractivity (Wildman–Crippen MR) is 73.9 cm³/mol. The van der Waals surface area contributed by atoms with Crippen LogP contribution in [0.5, 0.6) is 0 Å². The van der Waals surface area contributed by atoms with Crippen LogP contribution in [0.2, 0.25) is 0 Å². The second-order valence-corrected chi connectivity index (χ2v) is 5.33. The normalized spacial score (nSPS) is 15.4. The smallest absolute Gasteiger partial charge is 0.0423 e. The SMILES string of the molecule is C=CN(Cc1ccc(C)c(C)c1)CC1CCC1. The Labute approximate surface area is 105 Å². The lowest BCUT2D eigenvalue weighted by molar-refractivity contribution is 0.219. The van der Waals surface area contributed by atoms with Crippen LogP contribution in [0.3, 0.4) is 0 Å².